The van der Waals surface area contributed by atoms with E-state index in [4.69, 9.17) is 11.6 Å². The van der Waals surface area contributed by atoms with Crippen molar-refractivity contribution in [2.24, 2.45) is 0 Å². The number of sulfonamides is 1. The van der Waals surface area contributed by atoms with E-state index in [1.807, 2.05) is 37.3 Å². The fraction of sp³-hybridized carbons (Fsp3) is 0.0714. The summed E-state index contributed by atoms with van der Waals surface area (Å²) in [6, 6.07) is 26.8. The van der Waals surface area contributed by atoms with Crippen LogP contribution in [0.4, 0.5) is 11.4 Å². The van der Waals surface area contributed by atoms with Crippen LogP contribution in [0.5, 0.6) is 0 Å². The molecule has 9 heteroatoms. The van der Waals surface area contributed by atoms with E-state index in [1.165, 1.54) is 30.3 Å². The van der Waals surface area contributed by atoms with Crippen molar-refractivity contribution < 1.29 is 18.0 Å². The average molecular weight is 534 g/mol. The number of hydrogen-bond acceptors (Lipinski definition) is 4. The van der Waals surface area contributed by atoms with Crippen LogP contribution in [0.15, 0.2) is 102 Å². The van der Waals surface area contributed by atoms with Gasteiger partial charge in [0, 0.05) is 6.54 Å². The van der Waals surface area contributed by atoms with E-state index in [0.717, 1.165) is 11.1 Å². The van der Waals surface area contributed by atoms with Crippen LogP contribution in [0.3, 0.4) is 0 Å². The second-order valence-electron chi connectivity index (χ2n) is 8.28. The molecule has 7 nitrogen and oxygen atoms in total. The smallest absolute Gasteiger partial charge is 0.261 e. The van der Waals surface area contributed by atoms with Crippen LogP contribution >= 0.6 is 11.6 Å². The Labute approximate surface area is 220 Å². The summed E-state index contributed by atoms with van der Waals surface area (Å²) in [5.74, 6) is -0.882. The number of aryl methyl sites for hydroxylation is 1. The van der Waals surface area contributed by atoms with Gasteiger partial charge in [-0.05, 0) is 55.0 Å². The number of halogens is 1. The van der Waals surface area contributed by atoms with Gasteiger partial charge in [-0.3, -0.25) is 14.3 Å². The SMILES string of the molecule is Cc1ccc(S(=O)(=O)Nc2ccc(C(=O)Nc3ccccc3C(=O)NCc3ccccc3)c(Cl)c2)cc1. The molecule has 37 heavy (non-hydrogen) atoms. The Morgan fingerprint density at radius 1 is 0.784 bits per heavy atom. The fourth-order valence-corrected chi connectivity index (χ4v) is 4.86. The van der Waals surface area contributed by atoms with Gasteiger partial charge in [-0.15, -0.1) is 0 Å². The summed E-state index contributed by atoms with van der Waals surface area (Å²) in [7, 11) is -3.82. The predicted molar refractivity (Wildman–Crippen MR) is 145 cm³/mol. The average Bonchev–Trinajstić information content (AvgIpc) is 2.88. The van der Waals surface area contributed by atoms with Crippen LogP contribution in [0, 0.1) is 6.92 Å². The zero-order valence-corrected chi connectivity index (χ0v) is 21.4. The lowest BCUT2D eigenvalue weighted by molar-refractivity contribution is 0.0951. The molecule has 3 N–H and O–H groups in total. The number of anilines is 2. The van der Waals surface area contributed by atoms with E-state index in [9.17, 15) is 18.0 Å². The fourth-order valence-electron chi connectivity index (χ4n) is 3.55. The topological polar surface area (TPSA) is 104 Å². The van der Waals surface area contributed by atoms with Gasteiger partial charge in [0.05, 0.1) is 32.4 Å². The molecule has 0 aliphatic heterocycles. The molecule has 2 amide bonds. The van der Waals surface area contributed by atoms with Crippen LogP contribution in [0.1, 0.15) is 31.8 Å². The molecule has 0 fully saturated rings. The second kappa shape index (κ2) is 11.3. The van der Waals surface area contributed by atoms with Crippen molar-refractivity contribution in [2.75, 3.05) is 10.0 Å². The Hall–Kier alpha value is -4.14. The van der Waals surface area contributed by atoms with E-state index >= 15 is 0 Å². The Morgan fingerprint density at radius 2 is 1.46 bits per heavy atom. The minimum absolute atomic E-state index is 0.0487. The molecule has 0 aliphatic carbocycles. The third-order valence-electron chi connectivity index (χ3n) is 5.51. The van der Waals surface area contributed by atoms with E-state index < -0.39 is 15.9 Å². The van der Waals surface area contributed by atoms with Gasteiger partial charge in [0.2, 0.25) is 0 Å². The van der Waals surface area contributed by atoms with E-state index in [2.05, 4.69) is 15.4 Å². The minimum atomic E-state index is -3.82. The van der Waals surface area contributed by atoms with Crippen molar-refractivity contribution in [3.8, 4) is 0 Å². The van der Waals surface area contributed by atoms with E-state index in [0.29, 0.717) is 17.8 Å². The summed E-state index contributed by atoms with van der Waals surface area (Å²) < 4.78 is 27.8. The molecule has 0 saturated carbocycles. The van der Waals surface area contributed by atoms with Crippen molar-refractivity contribution in [1.29, 1.82) is 0 Å². The monoisotopic (exact) mass is 533 g/mol. The summed E-state index contributed by atoms with van der Waals surface area (Å²) in [6.45, 7) is 2.21. The van der Waals surface area contributed by atoms with E-state index in [1.54, 1.807) is 36.4 Å². The largest absolute Gasteiger partial charge is 0.348 e. The molecule has 0 radical (unpaired) electrons. The van der Waals surface area contributed by atoms with Gasteiger partial charge >= 0.3 is 0 Å². The standard InChI is InChI=1S/C28H24ClN3O4S/c1-19-11-14-22(15-12-19)37(35,36)32-21-13-16-23(25(29)17-21)28(34)31-26-10-6-5-9-24(26)27(33)30-18-20-7-3-2-4-8-20/h2-17,32H,18H2,1H3,(H,30,33)(H,31,34). The number of hydrogen-bond donors (Lipinski definition) is 3. The molecule has 0 saturated heterocycles. The first kappa shape index (κ1) is 25.9. The van der Waals surface area contributed by atoms with E-state index in [-0.39, 0.29) is 27.1 Å². The summed E-state index contributed by atoms with van der Waals surface area (Å²) in [5, 5.41) is 5.62. The number of nitrogens with one attached hydrogen (secondary N) is 3. The first-order valence-corrected chi connectivity index (χ1v) is 13.2. The zero-order valence-electron chi connectivity index (χ0n) is 19.9. The van der Waals surface area contributed by atoms with Crippen LogP contribution in [-0.4, -0.2) is 20.2 Å². The zero-order chi connectivity index (χ0) is 26.4. The number of carbonyl (C=O) groups is 2. The molecule has 4 aromatic carbocycles. The highest BCUT2D eigenvalue weighted by atomic mass is 35.5. The molecular weight excluding hydrogens is 510 g/mol. The maximum absolute atomic E-state index is 13.0. The summed E-state index contributed by atoms with van der Waals surface area (Å²) in [6.07, 6.45) is 0. The van der Waals surface area contributed by atoms with Gasteiger partial charge in [-0.25, -0.2) is 8.42 Å². The third kappa shape index (κ3) is 6.55. The predicted octanol–water partition coefficient (Wildman–Crippen LogP) is 5.63. The van der Waals surface area contributed by atoms with Crippen molar-refractivity contribution in [1.82, 2.24) is 5.32 Å². The molecule has 0 spiro atoms. The maximum atomic E-state index is 13.0. The molecule has 4 aromatic rings. The van der Waals surface area contributed by atoms with Crippen LogP contribution in [0.2, 0.25) is 5.02 Å². The van der Waals surface area contributed by atoms with Crippen molar-refractivity contribution in [3.05, 3.63) is 124 Å². The molecule has 0 bridgehead atoms. The molecule has 0 heterocycles. The highest BCUT2D eigenvalue weighted by Crippen LogP contribution is 2.25. The van der Waals surface area contributed by atoms with Crippen molar-refractivity contribution >= 4 is 44.8 Å². The summed E-state index contributed by atoms with van der Waals surface area (Å²) >= 11 is 6.33. The first-order chi connectivity index (χ1) is 17.7. The number of para-hydroxylation sites is 1. The number of rotatable bonds is 8. The lowest BCUT2D eigenvalue weighted by atomic mass is 10.1. The molecule has 0 unspecified atom stereocenters. The Morgan fingerprint density at radius 3 is 2.16 bits per heavy atom. The lowest BCUT2D eigenvalue weighted by Gasteiger charge is -2.13. The first-order valence-electron chi connectivity index (χ1n) is 11.3. The molecular formula is C28H24ClN3O4S. The summed E-state index contributed by atoms with van der Waals surface area (Å²) in [5.41, 5.74) is 2.83. The highest BCUT2D eigenvalue weighted by Gasteiger charge is 2.18. The lowest BCUT2D eigenvalue weighted by Crippen LogP contribution is -2.25. The van der Waals surface area contributed by atoms with Gasteiger partial charge in [-0.1, -0.05) is 71.8 Å². The van der Waals surface area contributed by atoms with Gasteiger partial charge in [0.25, 0.3) is 21.8 Å². The summed E-state index contributed by atoms with van der Waals surface area (Å²) in [4.78, 5) is 25.9. The Kier molecular flexibility index (Phi) is 7.91. The quantitative estimate of drug-likeness (QED) is 0.273. The molecule has 4 rings (SSSR count). The van der Waals surface area contributed by atoms with Gasteiger partial charge in [0.1, 0.15) is 0 Å². The maximum Gasteiger partial charge on any atom is 0.261 e. The van der Waals surface area contributed by atoms with Crippen molar-refractivity contribution in [3.63, 3.8) is 0 Å². The third-order valence-corrected chi connectivity index (χ3v) is 7.22. The van der Waals surface area contributed by atoms with Crippen LogP contribution in [0.25, 0.3) is 0 Å². The number of amides is 2. The Balaban J connectivity index is 1.46. The normalized spacial score (nSPS) is 11.0. The number of benzene rings is 4. The molecule has 0 aliphatic rings. The molecule has 0 atom stereocenters. The minimum Gasteiger partial charge on any atom is -0.348 e. The molecule has 0 aromatic heterocycles. The number of carbonyl (C=O) groups excluding carboxylic acids is 2. The molecule has 188 valence electrons. The van der Waals surface area contributed by atoms with Crippen molar-refractivity contribution in [2.45, 2.75) is 18.4 Å². The van der Waals surface area contributed by atoms with Gasteiger partial charge in [0.15, 0.2) is 0 Å². The van der Waals surface area contributed by atoms with Crippen LogP contribution in [-0.2, 0) is 16.6 Å². The van der Waals surface area contributed by atoms with Gasteiger partial charge < -0.3 is 10.6 Å². The van der Waals surface area contributed by atoms with Crippen LogP contribution < -0.4 is 15.4 Å². The second-order valence-corrected chi connectivity index (χ2v) is 10.4. The Bertz CT molecular complexity index is 1540. The van der Waals surface area contributed by atoms with Gasteiger partial charge in [-0.2, -0.15) is 0 Å². The highest BCUT2D eigenvalue weighted by molar-refractivity contribution is 7.92.